The molecule has 1 aliphatic heterocycles. The van der Waals surface area contributed by atoms with Gasteiger partial charge in [0.15, 0.2) is 12.1 Å². The first-order chi connectivity index (χ1) is 10.5. The maximum Gasteiger partial charge on any atom is 0.174 e. The molecular weight excluding hydrogens is 284 g/mol. The lowest BCUT2D eigenvalue weighted by Gasteiger charge is -2.28. The largest absolute Gasteiger partial charge is 0.507 e. The number of ketones is 1. The minimum absolute atomic E-state index is 0.0374. The summed E-state index contributed by atoms with van der Waals surface area (Å²) < 4.78 is 5.82. The van der Waals surface area contributed by atoms with E-state index in [2.05, 4.69) is 0 Å². The van der Waals surface area contributed by atoms with Crippen LogP contribution in [0.4, 0.5) is 0 Å². The highest BCUT2D eigenvalue weighted by atomic mass is 16.5. The number of hydrogen-bond donors (Lipinski definition) is 2. The summed E-state index contributed by atoms with van der Waals surface area (Å²) in [4.78, 5) is 23.4. The highest BCUT2D eigenvalue weighted by Gasteiger charge is 2.34. The Morgan fingerprint density at radius 2 is 1.86 bits per heavy atom. The van der Waals surface area contributed by atoms with E-state index in [0.29, 0.717) is 6.29 Å². The third-order valence-electron chi connectivity index (χ3n) is 3.87. The number of Topliss-reactive ketones (excluding diaryl/α,β-unsaturated/α-hetero) is 1. The zero-order chi connectivity index (χ0) is 15.9. The molecular formula is C17H14O5. The zero-order valence-corrected chi connectivity index (χ0v) is 11.9. The van der Waals surface area contributed by atoms with Crippen molar-refractivity contribution in [2.75, 3.05) is 0 Å². The van der Waals surface area contributed by atoms with Crippen molar-refractivity contribution < 1.29 is 24.5 Å². The number of aldehydes is 1. The molecule has 1 heterocycles. The van der Waals surface area contributed by atoms with Crippen LogP contribution in [0.5, 0.6) is 17.2 Å². The maximum atomic E-state index is 12.4. The molecule has 0 amide bonds. The summed E-state index contributed by atoms with van der Waals surface area (Å²) >= 11 is 0. The molecule has 0 aliphatic carbocycles. The van der Waals surface area contributed by atoms with E-state index in [4.69, 9.17) is 4.74 Å². The minimum Gasteiger partial charge on any atom is -0.507 e. The molecule has 5 heteroatoms. The van der Waals surface area contributed by atoms with E-state index in [1.807, 2.05) is 30.3 Å². The second-order valence-corrected chi connectivity index (χ2v) is 5.20. The Bertz CT molecular complexity index is 765. The van der Waals surface area contributed by atoms with Crippen LogP contribution in [-0.4, -0.2) is 22.3 Å². The van der Waals surface area contributed by atoms with E-state index in [-0.39, 0.29) is 40.4 Å². The highest BCUT2D eigenvalue weighted by molar-refractivity contribution is 6.06. The predicted molar refractivity (Wildman–Crippen MR) is 78.7 cm³/mol. The van der Waals surface area contributed by atoms with Crippen LogP contribution in [0.15, 0.2) is 30.3 Å². The number of aromatic hydroxyl groups is 2. The van der Waals surface area contributed by atoms with Crippen LogP contribution in [0, 0.1) is 6.92 Å². The average Bonchev–Trinajstić information content (AvgIpc) is 2.53. The van der Waals surface area contributed by atoms with E-state index in [1.165, 1.54) is 0 Å². The number of carbonyl (C=O) groups excluding carboxylic acids is 2. The van der Waals surface area contributed by atoms with Gasteiger partial charge in [0.25, 0.3) is 0 Å². The highest BCUT2D eigenvalue weighted by Crippen LogP contribution is 2.46. The van der Waals surface area contributed by atoms with Crippen LogP contribution >= 0.6 is 0 Å². The molecule has 112 valence electrons. The van der Waals surface area contributed by atoms with Crippen molar-refractivity contribution in [3.8, 4) is 17.2 Å². The van der Waals surface area contributed by atoms with Gasteiger partial charge in [0.2, 0.25) is 0 Å². The normalized spacial score (nSPS) is 16.8. The summed E-state index contributed by atoms with van der Waals surface area (Å²) in [7, 11) is 0. The summed E-state index contributed by atoms with van der Waals surface area (Å²) in [5.74, 6) is -1.08. The van der Waals surface area contributed by atoms with Gasteiger partial charge in [0.05, 0.1) is 12.0 Å². The molecule has 0 saturated carbocycles. The van der Waals surface area contributed by atoms with Crippen LogP contribution in [0.25, 0.3) is 0 Å². The molecule has 0 saturated heterocycles. The molecule has 0 aromatic heterocycles. The van der Waals surface area contributed by atoms with Gasteiger partial charge in [0, 0.05) is 5.56 Å². The van der Waals surface area contributed by atoms with Crippen LogP contribution in [0.3, 0.4) is 0 Å². The number of phenolic OH excluding ortho intramolecular Hbond substituents is 2. The Kier molecular flexibility index (Phi) is 3.33. The molecule has 2 aromatic carbocycles. The van der Waals surface area contributed by atoms with Crippen LogP contribution in [0.1, 0.15) is 44.4 Å². The predicted octanol–water partition coefficient (Wildman–Crippen LogP) is 2.93. The molecule has 22 heavy (non-hydrogen) atoms. The van der Waals surface area contributed by atoms with Crippen LogP contribution in [-0.2, 0) is 0 Å². The Morgan fingerprint density at radius 3 is 2.50 bits per heavy atom. The van der Waals surface area contributed by atoms with Crippen LogP contribution in [0.2, 0.25) is 0 Å². The Balaban J connectivity index is 2.15. The first-order valence-corrected chi connectivity index (χ1v) is 6.83. The van der Waals surface area contributed by atoms with Gasteiger partial charge in [-0.2, -0.15) is 0 Å². The lowest BCUT2D eigenvalue weighted by molar-refractivity contribution is 0.0842. The molecule has 3 rings (SSSR count). The fraction of sp³-hybridized carbons (Fsp3) is 0.176. The summed E-state index contributed by atoms with van der Waals surface area (Å²) in [5.41, 5.74) is 0.777. The number of phenols is 2. The van der Waals surface area contributed by atoms with Crippen molar-refractivity contribution in [2.24, 2.45) is 0 Å². The maximum absolute atomic E-state index is 12.4. The van der Waals surface area contributed by atoms with Crippen LogP contribution < -0.4 is 4.74 Å². The Hall–Kier alpha value is -2.82. The minimum atomic E-state index is -0.524. The summed E-state index contributed by atoms with van der Waals surface area (Å²) in [6.45, 7) is 1.54. The molecule has 0 fully saturated rings. The van der Waals surface area contributed by atoms with Gasteiger partial charge in [-0.3, -0.25) is 9.59 Å². The number of hydrogen-bond acceptors (Lipinski definition) is 5. The van der Waals surface area contributed by atoms with E-state index >= 15 is 0 Å². The molecule has 2 N–H and O–H groups in total. The van der Waals surface area contributed by atoms with Gasteiger partial charge >= 0.3 is 0 Å². The molecule has 5 nitrogen and oxygen atoms in total. The van der Waals surface area contributed by atoms with Gasteiger partial charge in [-0.1, -0.05) is 30.3 Å². The van der Waals surface area contributed by atoms with Crippen molar-refractivity contribution >= 4 is 12.1 Å². The van der Waals surface area contributed by atoms with Crippen molar-refractivity contribution in [1.82, 2.24) is 0 Å². The van der Waals surface area contributed by atoms with E-state index < -0.39 is 11.9 Å². The van der Waals surface area contributed by atoms with Gasteiger partial charge in [-0.15, -0.1) is 0 Å². The monoisotopic (exact) mass is 298 g/mol. The molecule has 0 radical (unpaired) electrons. The number of benzene rings is 2. The number of rotatable bonds is 2. The van der Waals surface area contributed by atoms with Gasteiger partial charge in [0.1, 0.15) is 28.9 Å². The first kappa shape index (κ1) is 14.1. The van der Waals surface area contributed by atoms with Crippen molar-refractivity contribution in [3.63, 3.8) is 0 Å². The average molecular weight is 298 g/mol. The topological polar surface area (TPSA) is 83.8 Å². The van der Waals surface area contributed by atoms with Crippen molar-refractivity contribution in [3.05, 3.63) is 52.6 Å². The number of carbonyl (C=O) groups is 2. The summed E-state index contributed by atoms with van der Waals surface area (Å²) in [6, 6.07) is 9.24. The van der Waals surface area contributed by atoms with E-state index in [9.17, 15) is 19.8 Å². The smallest absolute Gasteiger partial charge is 0.174 e. The molecule has 0 bridgehead atoms. The molecule has 1 atom stereocenters. The van der Waals surface area contributed by atoms with E-state index in [1.54, 1.807) is 6.92 Å². The second-order valence-electron chi connectivity index (χ2n) is 5.20. The van der Waals surface area contributed by atoms with Crippen molar-refractivity contribution in [1.29, 1.82) is 0 Å². The third-order valence-corrected chi connectivity index (χ3v) is 3.87. The van der Waals surface area contributed by atoms with Gasteiger partial charge < -0.3 is 14.9 Å². The van der Waals surface area contributed by atoms with Gasteiger partial charge in [-0.05, 0) is 12.5 Å². The number of ether oxygens (including phenoxy) is 1. The summed E-state index contributed by atoms with van der Waals surface area (Å²) in [5, 5.41) is 20.1. The zero-order valence-electron chi connectivity index (χ0n) is 11.9. The fourth-order valence-corrected chi connectivity index (χ4v) is 2.68. The lowest BCUT2D eigenvalue weighted by Crippen LogP contribution is -2.21. The van der Waals surface area contributed by atoms with E-state index in [0.717, 1.165) is 5.56 Å². The second kappa shape index (κ2) is 5.18. The third kappa shape index (κ3) is 2.02. The summed E-state index contributed by atoms with van der Waals surface area (Å²) in [6.07, 6.45) is -0.0949. The fourth-order valence-electron chi connectivity index (χ4n) is 2.68. The van der Waals surface area contributed by atoms with Gasteiger partial charge in [-0.25, -0.2) is 0 Å². The molecule has 1 unspecified atom stereocenters. The standard InChI is InChI=1S/C17H14O5/c1-9-15(20)11(8-18)16(21)14-12(19)7-13(22-17(9)14)10-5-3-2-4-6-10/h2-6,8,13,20-21H,7H2,1H3. The first-order valence-electron chi connectivity index (χ1n) is 6.83. The Labute approximate surface area is 126 Å². The quantitative estimate of drug-likeness (QED) is 0.833. The lowest BCUT2D eigenvalue weighted by atomic mass is 9.91. The Morgan fingerprint density at radius 1 is 1.18 bits per heavy atom. The molecule has 2 aromatic rings. The number of fused-ring (bicyclic) bond motifs is 1. The van der Waals surface area contributed by atoms with Crippen molar-refractivity contribution in [2.45, 2.75) is 19.4 Å². The molecule has 1 aliphatic rings. The molecule has 0 spiro atoms. The SMILES string of the molecule is Cc1c(O)c(C=O)c(O)c2c1OC(c1ccccc1)CC2=O.